The van der Waals surface area contributed by atoms with Crippen molar-refractivity contribution in [3.8, 4) is 10.9 Å². The lowest BCUT2D eigenvalue weighted by Gasteiger charge is -2.24. The molecule has 1 aromatic heterocycles. The van der Waals surface area contributed by atoms with Gasteiger partial charge in [0.25, 0.3) is 5.19 Å². The van der Waals surface area contributed by atoms with E-state index in [1.54, 1.807) is 7.11 Å². The van der Waals surface area contributed by atoms with Crippen molar-refractivity contribution in [1.29, 1.82) is 0 Å². The van der Waals surface area contributed by atoms with Gasteiger partial charge in [0.1, 0.15) is 12.4 Å². The van der Waals surface area contributed by atoms with Crippen LogP contribution in [0.15, 0.2) is 24.3 Å². The Morgan fingerprint density at radius 1 is 1.48 bits per heavy atom. The molecule has 0 spiro atoms. The van der Waals surface area contributed by atoms with Crippen molar-refractivity contribution in [2.75, 3.05) is 26.8 Å². The van der Waals surface area contributed by atoms with Gasteiger partial charge in [0, 0.05) is 31.7 Å². The van der Waals surface area contributed by atoms with Gasteiger partial charge in [-0.3, -0.25) is 0 Å². The highest BCUT2D eigenvalue weighted by Gasteiger charge is 2.16. The third kappa shape index (κ3) is 3.76. The van der Waals surface area contributed by atoms with Gasteiger partial charge in [-0.1, -0.05) is 12.1 Å². The molecule has 2 heterocycles. The first kappa shape index (κ1) is 14.4. The summed E-state index contributed by atoms with van der Waals surface area (Å²) < 4.78 is 20.6. The van der Waals surface area contributed by atoms with E-state index < -0.39 is 0 Å². The molecule has 2 aromatic rings. The van der Waals surface area contributed by atoms with Crippen LogP contribution in [0.25, 0.3) is 0 Å². The number of aromatic nitrogens is 2. The SMILES string of the molecule is COCc1nsc(Oc2cccc([C@@H]3CNCCO3)c2)n1. The molecule has 112 valence electrons. The zero-order chi connectivity index (χ0) is 14.5. The van der Waals surface area contributed by atoms with Crippen molar-refractivity contribution in [2.45, 2.75) is 12.7 Å². The number of ether oxygens (including phenoxy) is 3. The lowest BCUT2D eigenvalue weighted by molar-refractivity contribution is 0.0276. The van der Waals surface area contributed by atoms with Crippen molar-refractivity contribution in [2.24, 2.45) is 0 Å². The summed E-state index contributed by atoms with van der Waals surface area (Å²) in [5, 5.41) is 3.84. The molecule has 6 nitrogen and oxygen atoms in total. The van der Waals surface area contributed by atoms with E-state index in [-0.39, 0.29) is 6.10 Å². The summed E-state index contributed by atoms with van der Waals surface area (Å²) in [6.45, 7) is 2.84. The van der Waals surface area contributed by atoms with E-state index in [9.17, 15) is 0 Å². The summed E-state index contributed by atoms with van der Waals surface area (Å²) >= 11 is 1.22. The Balaban J connectivity index is 1.69. The van der Waals surface area contributed by atoms with Gasteiger partial charge in [-0.25, -0.2) is 0 Å². The van der Waals surface area contributed by atoms with E-state index in [0.717, 1.165) is 31.0 Å². The van der Waals surface area contributed by atoms with Gasteiger partial charge in [-0.2, -0.15) is 9.36 Å². The molecule has 0 aliphatic carbocycles. The number of rotatable bonds is 5. The van der Waals surface area contributed by atoms with Gasteiger partial charge >= 0.3 is 0 Å². The molecule has 0 radical (unpaired) electrons. The zero-order valence-electron chi connectivity index (χ0n) is 11.7. The Kier molecular flexibility index (Phi) is 4.76. The van der Waals surface area contributed by atoms with Crippen LogP contribution in [0.4, 0.5) is 0 Å². The maximum absolute atomic E-state index is 5.75. The third-order valence-electron chi connectivity index (χ3n) is 3.09. The normalized spacial score (nSPS) is 18.6. The van der Waals surface area contributed by atoms with Crippen LogP contribution in [0, 0.1) is 0 Å². The number of nitrogens with one attached hydrogen (secondary N) is 1. The maximum Gasteiger partial charge on any atom is 0.298 e. The minimum Gasteiger partial charge on any atom is -0.430 e. The number of hydrogen-bond donors (Lipinski definition) is 1. The molecule has 3 rings (SSSR count). The molecule has 0 amide bonds. The molecular formula is C14H17N3O3S. The van der Waals surface area contributed by atoms with Crippen LogP contribution in [-0.2, 0) is 16.1 Å². The molecule has 7 heteroatoms. The summed E-state index contributed by atoms with van der Waals surface area (Å²) in [6.07, 6.45) is 0.0702. The molecular weight excluding hydrogens is 290 g/mol. The first-order chi connectivity index (χ1) is 10.3. The molecule has 1 aliphatic rings. The Morgan fingerprint density at radius 3 is 3.24 bits per heavy atom. The average Bonchev–Trinajstić information content (AvgIpc) is 2.96. The van der Waals surface area contributed by atoms with Gasteiger partial charge in [0.05, 0.1) is 12.7 Å². The van der Waals surface area contributed by atoms with Gasteiger partial charge in [0.2, 0.25) is 0 Å². The number of morpholine rings is 1. The smallest absolute Gasteiger partial charge is 0.298 e. The van der Waals surface area contributed by atoms with E-state index in [4.69, 9.17) is 14.2 Å². The highest BCUT2D eigenvalue weighted by molar-refractivity contribution is 7.07. The summed E-state index contributed by atoms with van der Waals surface area (Å²) in [4.78, 5) is 4.25. The second-order valence-corrected chi connectivity index (χ2v) is 5.36. The highest BCUT2D eigenvalue weighted by atomic mass is 32.1. The molecule has 1 aromatic carbocycles. The van der Waals surface area contributed by atoms with Crippen molar-refractivity contribution in [3.05, 3.63) is 35.7 Å². The van der Waals surface area contributed by atoms with Gasteiger partial charge in [-0.05, 0) is 17.7 Å². The Bertz CT molecular complexity index is 584. The summed E-state index contributed by atoms with van der Waals surface area (Å²) in [5.74, 6) is 1.37. The summed E-state index contributed by atoms with van der Waals surface area (Å²) in [7, 11) is 1.61. The average molecular weight is 307 g/mol. The molecule has 1 atom stereocenters. The monoisotopic (exact) mass is 307 g/mol. The van der Waals surface area contributed by atoms with Crippen molar-refractivity contribution < 1.29 is 14.2 Å². The second-order valence-electron chi connectivity index (χ2n) is 4.65. The topological polar surface area (TPSA) is 65.5 Å². The van der Waals surface area contributed by atoms with Crippen LogP contribution in [0.5, 0.6) is 10.9 Å². The predicted octanol–water partition coefficient (Wildman–Crippen LogP) is 2.14. The Labute approximate surface area is 127 Å². The predicted molar refractivity (Wildman–Crippen MR) is 78.7 cm³/mol. The lowest BCUT2D eigenvalue weighted by Crippen LogP contribution is -2.33. The number of hydrogen-bond acceptors (Lipinski definition) is 7. The van der Waals surface area contributed by atoms with Crippen LogP contribution >= 0.6 is 11.5 Å². The van der Waals surface area contributed by atoms with Crippen LogP contribution in [0.2, 0.25) is 0 Å². The van der Waals surface area contributed by atoms with Gasteiger partial charge in [0.15, 0.2) is 5.82 Å². The van der Waals surface area contributed by atoms with Crippen molar-refractivity contribution in [1.82, 2.24) is 14.7 Å². The lowest BCUT2D eigenvalue weighted by atomic mass is 10.1. The van der Waals surface area contributed by atoms with Crippen molar-refractivity contribution in [3.63, 3.8) is 0 Å². The van der Waals surface area contributed by atoms with Crippen molar-refractivity contribution >= 4 is 11.5 Å². The minimum atomic E-state index is 0.0702. The van der Waals surface area contributed by atoms with E-state index in [1.807, 2.05) is 24.3 Å². The highest BCUT2D eigenvalue weighted by Crippen LogP contribution is 2.27. The first-order valence-electron chi connectivity index (χ1n) is 6.77. The van der Waals surface area contributed by atoms with Gasteiger partial charge in [-0.15, -0.1) is 0 Å². The minimum absolute atomic E-state index is 0.0702. The quantitative estimate of drug-likeness (QED) is 0.913. The Morgan fingerprint density at radius 2 is 2.43 bits per heavy atom. The van der Waals surface area contributed by atoms with E-state index in [2.05, 4.69) is 14.7 Å². The molecule has 0 saturated carbocycles. The zero-order valence-corrected chi connectivity index (χ0v) is 12.6. The second kappa shape index (κ2) is 6.95. The van der Waals surface area contributed by atoms with Gasteiger partial charge < -0.3 is 19.5 Å². The van der Waals surface area contributed by atoms with E-state index >= 15 is 0 Å². The van der Waals surface area contributed by atoms with E-state index in [0.29, 0.717) is 17.6 Å². The molecule has 0 unspecified atom stereocenters. The molecule has 1 aliphatic heterocycles. The largest absolute Gasteiger partial charge is 0.430 e. The fourth-order valence-electron chi connectivity index (χ4n) is 2.13. The summed E-state index contributed by atoms with van der Waals surface area (Å²) in [6, 6.07) is 7.88. The summed E-state index contributed by atoms with van der Waals surface area (Å²) in [5.41, 5.74) is 1.10. The van der Waals surface area contributed by atoms with Crippen LogP contribution < -0.4 is 10.1 Å². The van der Waals surface area contributed by atoms with E-state index in [1.165, 1.54) is 11.5 Å². The van der Waals surface area contributed by atoms with Crippen LogP contribution in [-0.4, -0.2) is 36.2 Å². The fraction of sp³-hybridized carbons (Fsp3) is 0.429. The standard InChI is InChI=1S/C14H17N3O3S/c1-18-9-13-16-14(21-17-13)20-11-4-2-3-10(7-11)12-8-15-5-6-19-12/h2-4,7,12,15H,5-6,8-9H2,1H3/t12-/m0/s1. The number of benzene rings is 1. The molecule has 0 bridgehead atoms. The maximum atomic E-state index is 5.75. The van der Waals surface area contributed by atoms with Crippen LogP contribution in [0.1, 0.15) is 17.5 Å². The molecule has 1 saturated heterocycles. The molecule has 1 N–H and O–H groups in total. The third-order valence-corrected chi connectivity index (χ3v) is 3.72. The first-order valence-corrected chi connectivity index (χ1v) is 7.54. The Hall–Kier alpha value is -1.54. The molecule has 21 heavy (non-hydrogen) atoms. The fourth-order valence-corrected chi connectivity index (χ4v) is 2.68. The number of nitrogens with zero attached hydrogens (tertiary/aromatic N) is 2. The number of methoxy groups -OCH3 is 1. The molecule has 1 fully saturated rings. The van der Waals surface area contributed by atoms with Crippen LogP contribution in [0.3, 0.4) is 0 Å².